The van der Waals surface area contributed by atoms with Crippen LogP contribution in [0.25, 0.3) is 0 Å². The Morgan fingerprint density at radius 2 is 2.00 bits per heavy atom. The third kappa shape index (κ3) is 1.15. The van der Waals surface area contributed by atoms with Crippen molar-refractivity contribution in [1.29, 1.82) is 0 Å². The van der Waals surface area contributed by atoms with Crippen LogP contribution in [-0.4, -0.2) is 15.1 Å². The van der Waals surface area contributed by atoms with E-state index in [4.69, 9.17) is 0 Å². The lowest BCUT2D eigenvalue weighted by atomic mass is 9.33. The molecular weight excluding hydrogens is 142 g/mol. The highest BCUT2D eigenvalue weighted by Gasteiger charge is 2.52. The molecule has 0 nitrogen and oxygen atoms in total. The van der Waals surface area contributed by atoms with Crippen LogP contribution in [0, 0.1) is 17.8 Å². The summed E-state index contributed by atoms with van der Waals surface area (Å²) in [4.78, 5) is 0. The summed E-state index contributed by atoms with van der Waals surface area (Å²) >= 11 is 0. The molecule has 3 fully saturated rings. The maximum atomic E-state index is 2.49. The summed E-state index contributed by atoms with van der Waals surface area (Å²) in [5, 5.41) is 0.652. The van der Waals surface area contributed by atoms with E-state index in [1.54, 1.807) is 19.3 Å². The SMILES string of the molecule is BC(C)(BCC)C1C2CCC1C2. The second-order valence-corrected chi connectivity index (χ2v) is 5.60. The highest BCUT2D eigenvalue weighted by Crippen LogP contribution is 2.61. The van der Waals surface area contributed by atoms with Gasteiger partial charge in [-0.3, -0.25) is 0 Å². The van der Waals surface area contributed by atoms with Crippen LogP contribution in [-0.2, 0) is 0 Å². The van der Waals surface area contributed by atoms with Crippen molar-refractivity contribution in [3.05, 3.63) is 0 Å². The van der Waals surface area contributed by atoms with Crippen molar-refractivity contribution >= 4 is 15.1 Å². The molecule has 0 saturated heterocycles. The van der Waals surface area contributed by atoms with Gasteiger partial charge in [0, 0.05) is 0 Å². The molecule has 66 valence electrons. The van der Waals surface area contributed by atoms with Crippen LogP contribution in [0.2, 0.25) is 11.5 Å². The van der Waals surface area contributed by atoms with E-state index < -0.39 is 0 Å². The van der Waals surface area contributed by atoms with E-state index in [1.807, 2.05) is 0 Å². The highest BCUT2D eigenvalue weighted by atomic mass is 14.5. The molecule has 0 aromatic rings. The van der Waals surface area contributed by atoms with Crippen molar-refractivity contribution in [2.45, 2.75) is 44.6 Å². The van der Waals surface area contributed by atoms with Crippen LogP contribution in [0.1, 0.15) is 33.1 Å². The maximum Gasteiger partial charge on any atom is 0.118 e. The second-order valence-electron chi connectivity index (χ2n) is 5.60. The molecule has 3 atom stereocenters. The third-order valence-corrected chi connectivity index (χ3v) is 4.33. The largest absolute Gasteiger partial charge is 0.118 e. The first-order valence-corrected chi connectivity index (χ1v) is 5.65. The Morgan fingerprint density at radius 3 is 2.42 bits per heavy atom. The summed E-state index contributed by atoms with van der Waals surface area (Å²) in [5.74, 6) is 3.34. The number of hydrogen-bond acceptors (Lipinski definition) is 0. The summed E-state index contributed by atoms with van der Waals surface area (Å²) in [5.41, 5.74) is 0. The van der Waals surface area contributed by atoms with Crippen molar-refractivity contribution in [3.63, 3.8) is 0 Å². The minimum Gasteiger partial charge on any atom is -0.0805 e. The van der Waals surface area contributed by atoms with E-state index in [2.05, 4.69) is 21.7 Å². The van der Waals surface area contributed by atoms with Gasteiger partial charge in [0.05, 0.1) is 7.85 Å². The van der Waals surface area contributed by atoms with Crippen LogP contribution in [0.5, 0.6) is 0 Å². The quantitative estimate of drug-likeness (QED) is 0.553. The molecule has 0 N–H and O–H groups in total. The van der Waals surface area contributed by atoms with Crippen LogP contribution in [0.4, 0.5) is 0 Å². The van der Waals surface area contributed by atoms with Gasteiger partial charge in [-0.15, -0.1) is 0 Å². The van der Waals surface area contributed by atoms with Gasteiger partial charge in [-0.05, 0) is 37.0 Å². The molecule has 0 aromatic carbocycles. The first-order chi connectivity index (χ1) is 5.65. The summed E-state index contributed by atoms with van der Waals surface area (Å²) in [6.07, 6.45) is 6.02. The molecule has 0 heterocycles. The van der Waals surface area contributed by atoms with E-state index in [9.17, 15) is 0 Å². The maximum absolute atomic E-state index is 2.49. The molecule has 3 aliphatic carbocycles. The van der Waals surface area contributed by atoms with E-state index in [1.165, 1.54) is 13.6 Å². The van der Waals surface area contributed by atoms with Gasteiger partial charge in [0.25, 0.3) is 0 Å². The lowest BCUT2D eigenvalue weighted by Crippen LogP contribution is -2.40. The molecule has 3 unspecified atom stereocenters. The Bertz CT molecular complexity index is 163. The summed E-state index contributed by atoms with van der Waals surface area (Å²) in [6, 6.07) is 0. The Kier molecular flexibility index (Phi) is 2.05. The normalized spacial score (nSPS) is 43.3. The number of hydrogen-bond donors (Lipinski definition) is 0. The molecule has 12 heavy (non-hydrogen) atoms. The Hall–Kier alpha value is 0.130. The summed E-state index contributed by atoms with van der Waals surface area (Å²) in [6.45, 7) is 4.81. The van der Waals surface area contributed by atoms with Crippen LogP contribution < -0.4 is 0 Å². The molecule has 3 aliphatic rings. The summed E-state index contributed by atoms with van der Waals surface area (Å²) in [7, 11) is 3.93. The molecule has 0 amide bonds. The summed E-state index contributed by atoms with van der Waals surface area (Å²) < 4.78 is 0. The van der Waals surface area contributed by atoms with Crippen LogP contribution >= 0.6 is 0 Å². The number of fused-ring (bicyclic) bond motifs is 1. The van der Waals surface area contributed by atoms with Crippen LogP contribution in [0.3, 0.4) is 0 Å². The smallest absolute Gasteiger partial charge is 0.0805 e. The van der Waals surface area contributed by atoms with Crippen molar-refractivity contribution in [1.82, 2.24) is 0 Å². The van der Waals surface area contributed by atoms with Gasteiger partial charge in [-0.2, -0.15) is 0 Å². The van der Waals surface area contributed by atoms with Gasteiger partial charge in [0.2, 0.25) is 0 Å². The molecule has 0 aromatic heterocycles. The fourth-order valence-corrected chi connectivity index (χ4v) is 3.98. The van der Waals surface area contributed by atoms with Gasteiger partial charge in [-0.25, -0.2) is 0 Å². The van der Waals surface area contributed by atoms with Gasteiger partial charge in [0.1, 0.15) is 7.28 Å². The molecule has 0 spiro atoms. The Morgan fingerprint density at radius 1 is 1.42 bits per heavy atom. The zero-order chi connectivity index (χ0) is 8.77. The first-order valence-electron chi connectivity index (χ1n) is 5.65. The topological polar surface area (TPSA) is 0 Å². The van der Waals surface area contributed by atoms with E-state index in [0.29, 0.717) is 5.21 Å². The standard InChI is InChI=1S/C10H20B2/c1-3-12-10(2,11)9-7-4-5-8(9)6-7/h7-9,12H,3-6,11H2,1-2H3. The molecule has 3 saturated carbocycles. The molecule has 0 radical (unpaired) electrons. The minimum absolute atomic E-state index is 0.652. The van der Waals surface area contributed by atoms with Crippen LogP contribution in [0.15, 0.2) is 0 Å². The lowest BCUT2D eigenvalue weighted by Gasteiger charge is -2.47. The van der Waals surface area contributed by atoms with Gasteiger partial charge >= 0.3 is 0 Å². The van der Waals surface area contributed by atoms with Crippen molar-refractivity contribution < 1.29 is 0 Å². The van der Waals surface area contributed by atoms with E-state index in [0.717, 1.165) is 17.8 Å². The monoisotopic (exact) mass is 162 g/mol. The van der Waals surface area contributed by atoms with Gasteiger partial charge < -0.3 is 0 Å². The highest BCUT2D eigenvalue weighted by molar-refractivity contribution is 6.53. The van der Waals surface area contributed by atoms with E-state index >= 15 is 0 Å². The van der Waals surface area contributed by atoms with Gasteiger partial charge in [0.15, 0.2) is 0 Å². The zero-order valence-electron chi connectivity index (χ0n) is 8.77. The average molecular weight is 162 g/mol. The van der Waals surface area contributed by atoms with Crippen molar-refractivity contribution in [2.24, 2.45) is 17.8 Å². The molecule has 3 rings (SSSR count). The molecule has 2 bridgehead atoms. The average Bonchev–Trinajstić information content (AvgIpc) is 2.40. The Labute approximate surface area is 78.2 Å². The predicted molar refractivity (Wildman–Crippen MR) is 58.9 cm³/mol. The van der Waals surface area contributed by atoms with Gasteiger partial charge in [-0.1, -0.05) is 25.4 Å². The minimum atomic E-state index is 0.652. The molecule has 0 aliphatic heterocycles. The van der Waals surface area contributed by atoms with Crippen molar-refractivity contribution in [2.75, 3.05) is 0 Å². The molecule has 2 heteroatoms. The Balaban J connectivity index is 2.00. The van der Waals surface area contributed by atoms with Crippen molar-refractivity contribution in [3.8, 4) is 0 Å². The number of rotatable bonds is 3. The zero-order valence-corrected chi connectivity index (χ0v) is 8.77. The predicted octanol–water partition coefficient (Wildman–Crippen LogP) is 1.68. The lowest BCUT2D eigenvalue weighted by molar-refractivity contribution is 0.137. The molecular formula is C10H20B2. The fraction of sp³-hybridized carbons (Fsp3) is 1.00. The third-order valence-electron chi connectivity index (χ3n) is 4.33. The second kappa shape index (κ2) is 2.82. The fourth-order valence-electron chi connectivity index (χ4n) is 3.98. The van der Waals surface area contributed by atoms with E-state index in [-0.39, 0.29) is 0 Å². The first kappa shape index (κ1) is 8.72.